The lowest BCUT2D eigenvalue weighted by Crippen LogP contribution is -2.50. The first-order chi connectivity index (χ1) is 15.2. The Labute approximate surface area is 199 Å². The molecule has 4 N–H and O–H groups in total. The lowest BCUT2D eigenvalue weighted by molar-refractivity contribution is -0.123. The molecule has 1 amide bonds. The monoisotopic (exact) mass is 530 g/mol. The fourth-order valence-electron chi connectivity index (χ4n) is 4.14. The first-order valence-electron chi connectivity index (χ1n) is 11.4. The van der Waals surface area contributed by atoms with Crippen LogP contribution in [0.25, 0.3) is 0 Å². The minimum Gasteiger partial charge on any atom is -0.489 e. The van der Waals surface area contributed by atoms with Crippen LogP contribution in [0.3, 0.4) is 0 Å². The highest BCUT2D eigenvalue weighted by atomic mass is 79.9. The molecule has 10 heteroatoms. The second kappa shape index (κ2) is 11.3. The number of nitrogens with zero attached hydrogens (tertiary/aromatic N) is 1. The zero-order chi connectivity index (χ0) is 23.3. The average molecular weight is 532 g/mol. The summed E-state index contributed by atoms with van der Waals surface area (Å²) in [6, 6.07) is 4.36. The van der Waals surface area contributed by atoms with Crippen LogP contribution in [0.4, 0.5) is 0 Å². The van der Waals surface area contributed by atoms with Crippen LogP contribution < -0.4 is 21.1 Å². The molecule has 2 saturated heterocycles. The van der Waals surface area contributed by atoms with Gasteiger partial charge in [0.15, 0.2) is 0 Å². The first kappa shape index (κ1) is 25.4. The van der Waals surface area contributed by atoms with E-state index in [1.54, 1.807) is 18.2 Å². The number of ether oxygens (including phenoxy) is 1. The maximum atomic E-state index is 13.1. The lowest BCUT2D eigenvalue weighted by atomic mass is 10.0. The van der Waals surface area contributed by atoms with Gasteiger partial charge in [-0.3, -0.25) is 4.79 Å². The number of hydrogen-bond donors (Lipinski definition) is 3. The van der Waals surface area contributed by atoms with Crippen LogP contribution in [0.1, 0.15) is 46.0 Å². The number of amides is 1. The molecule has 180 valence electrons. The highest BCUT2D eigenvalue weighted by Crippen LogP contribution is 2.31. The van der Waals surface area contributed by atoms with E-state index in [2.05, 4.69) is 26.6 Å². The summed E-state index contributed by atoms with van der Waals surface area (Å²) in [5, 5.41) is 6.28. The molecule has 2 aliphatic heterocycles. The van der Waals surface area contributed by atoms with Crippen LogP contribution in [0.15, 0.2) is 27.6 Å². The van der Waals surface area contributed by atoms with Crippen molar-refractivity contribution < 1.29 is 17.9 Å². The van der Waals surface area contributed by atoms with Crippen molar-refractivity contribution in [2.24, 2.45) is 11.7 Å². The van der Waals surface area contributed by atoms with Gasteiger partial charge in [0.25, 0.3) is 0 Å². The zero-order valence-corrected chi connectivity index (χ0v) is 21.3. The van der Waals surface area contributed by atoms with Gasteiger partial charge in [-0.25, -0.2) is 8.42 Å². The fraction of sp³-hybridized carbons (Fsp3) is 0.682. The van der Waals surface area contributed by atoms with Gasteiger partial charge in [-0.15, -0.1) is 0 Å². The van der Waals surface area contributed by atoms with Gasteiger partial charge in [0.05, 0.1) is 15.4 Å². The summed E-state index contributed by atoms with van der Waals surface area (Å²) in [6.07, 6.45) is 3.76. The van der Waals surface area contributed by atoms with Crippen molar-refractivity contribution in [3.05, 3.63) is 22.7 Å². The molecule has 0 aliphatic carbocycles. The van der Waals surface area contributed by atoms with E-state index in [0.717, 1.165) is 25.9 Å². The van der Waals surface area contributed by atoms with Gasteiger partial charge in [-0.1, -0.05) is 13.8 Å². The van der Waals surface area contributed by atoms with E-state index in [1.807, 2.05) is 13.8 Å². The molecule has 0 spiro atoms. The summed E-state index contributed by atoms with van der Waals surface area (Å²) >= 11 is 3.47. The maximum absolute atomic E-state index is 13.1. The van der Waals surface area contributed by atoms with Gasteiger partial charge in [0, 0.05) is 19.1 Å². The molecule has 2 heterocycles. The number of sulfonamides is 1. The van der Waals surface area contributed by atoms with Crippen LogP contribution in [0.2, 0.25) is 0 Å². The number of carbonyl (C=O) groups is 1. The van der Waals surface area contributed by atoms with E-state index in [1.165, 1.54) is 4.31 Å². The highest BCUT2D eigenvalue weighted by Gasteiger charge is 2.31. The van der Waals surface area contributed by atoms with Gasteiger partial charge in [0.1, 0.15) is 11.9 Å². The molecule has 1 aromatic rings. The molecule has 32 heavy (non-hydrogen) atoms. The summed E-state index contributed by atoms with van der Waals surface area (Å²) in [7, 11) is -3.62. The molecule has 1 atom stereocenters. The number of nitrogens with one attached hydrogen (secondary N) is 2. The van der Waals surface area contributed by atoms with Crippen molar-refractivity contribution in [2.45, 2.75) is 69.0 Å². The third kappa shape index (κ3) is 6.66. The van der Waals surface area contributed by atoms with Gasteiger partial charge in [-0.2, -0.15) is 4.31 Å². The van der Waals surface area contributed by atoms with E-state index in [9.17, 15) is 13.2 Å². The quantitative estimate of drug-likeness (QED) is 0.474. The Kier molecular flexibility index (Phi) is 8.97. The molecule has 8 nitrogen and oxygen atoms in total. The highest BCUT2D eigenvalue weighted by molar-refractivity contribution is 9.10. The summed E-state index contributed by atoms with van der Waals surface area (Å²) in [5.41, 5.74) is 5.96. The van der Waals surface area contributed by atoms with Crippen molar-refractivity contribution in [3.8, 4) is 5.75 Å². The standard InChI is InChI=1S/C22H35BrN4O4S/c1-15(2)13-20(24)22(28)26-16-7-11-27(12-8-16)32(29,30)18-3-4-21(19(23)14-18)31-17-5-9-25-10-6-17/h3-4,14-17,20,25H,5-13,24H2,1-2H3,(H,26,28)/t20-/m0/s1. The molecule has 2 fully saturated rings. The molecular formula is C22H35BrN4O4S. The maximum Gasteiger partial charge on any atom is 0.243 e. The Morgan fingerprint density at radius 1 is 1.25 bits per heavy atom. The molecule has 0 unspecified atom stereocenters. The fourth-order valence-corrected chi connectivity index (χ4v) is 6.26. The molecule has 2 aliphatic rings. The van der Waals surface area contributed by atoms with E-state index >= 15 is 0 Å². The number of halogens is 1. The van der Waals surface area contributed by atoms with Crippen molar-refractivity contribution in [2.75, 3.05) is 26.2 Å². The molecule has 0 radical (unpaired) electrons. The smallest absolute Gasteiger partial charge is 0.243 e. The van der Waals surface area contributed by atoms with Crippen LogP contribution in [-0.4, -0.2) is 63.0 Å². The van der Waals surface area contributed by atoms with E-state index in [4.69, 9.17) is 10.5 Å². The van der Waals surface area contributed by atoms with E-state index in [-0.39, 0.29) is 22.9 Å². The SMILES string of the molecule is CC(C)C[C@H](N)C(=O)NC1CCN(S(=O)(=O)c2ccc(OC3CCNCC3)c(Br)c2)CC1. The Morgan fingerprint density at radius 2 is 1.91 bits per heavy atom. The van der Waals surface area contributed by atoms with E-state index < -0.39 is 16.1 Å². The number of hydrogen-bond acceptors (Lipinski definition) is 6. The summed E-state index contributed by atoms with van der Waals surface area (Å²) in [6.45, 7) is 6.63. The van der Waals surface area contributed by atoms with Crippen LogP contribution in [0, 0.1) is 5.92 Å². The second-order valence-corrected chi connectivity index (χ2v) is 11.9. The van der Waals surface area contributed by atoms with Gasteiger partial charge < -0.3 is 21.1 Å². The molecule has 1 aromatic carbocycles. The third-order valence-electron chi connectivity index (χ3n) is 5.98. The van der Waals surface area contributed by atoms with E-state index in [0.29, 0.717) is 48.5 Å². The molecule has 0 bridgehead atoms. The minimum atomic E-state index is -3.62. The Morgan fingerprint density at radius 3 is 2.50 bits per heavy atom. The zero-order valence-electron chi connectivity index (χ0n) is 18.8. The van der Waals surface area contributed by atoms with Gasteiger partial charge in [-0.05, 0) is 85.2 Å². The van der Waals surface area contributed by atoms with Gasteiger partial charge >= 0.3 is 0 Å². The van der Waals surface area contributed by atoms with Crippen LogP contribution in [-0.2, 0) is 14.8 Å². The Bertz CT molecular complexity index is 882. The summed E-state index contributed by atoms with van der Waals surface area (Å²) in [4.78, 5) is 12.5. The summed E-state index contributed by atoms with van der Waals surface area (Å²) in [5.74, 6) is 0.849. The third-order valence-corrected chi connectivity index (χ3v) is 8.50. The number of nitrogens with two attached hydrogens (primary N) is 1. The Hall–Kier alpha value is -1.20. The molecule has 0 saturated carbocycles. The molecule has 3 rings (SSSR count). The predicted molar refractivity (Wildman–Crippen MR) is 128 cm³/mol. The number of rotatable bonds is 8. The topological polar surface area (TPSA) is 114 Å². The number of piperidine rings is 2. The van der Waals surface area contributed by atoms with Gasteiger partial charge in [0.2, 0.25) is 15.9 Å². The molecular weight excluding hydrogens is 496 g/mol. The van der Waals surface area contributed by atoms with Crippen molar-refractivity contribution in [1.82, 2.24) is 14.9 Å². The summed E-state index contributed by atoms with van der Waals surface area (Å²) < 4.78 is 34.5. The van der Waals surface area contributed by atoms with Crippen molar-refractivity contribution in [3.63, 3.8) is 0 Å². The predicted octanol–water partition coefficient (Wildman–Crippen LogP) is 2.22. The normalized spacial score (nSPS) is 20.3. The Balaban J connectivity index is 1.56. The van der Waals surface area contributed by atoms with Crippen molar-refractivity contribution in [1.29, 1.82) is 0 Å². The average Bonchev–Trinajstić information content (AvgIpc) is 2.75. The second-order valence-electron chi connectivity index (χ2n) is 9.08. The molecule has 0 aromatic heterocycles. The largest absolute Gasteiger partial charge is 0.489 e. The lowest BCUT2D eigenvalue weighted by Gasteiger charge is -2.32. The van der Waals surface area contributed by atoms with Crippen LogP contribution >= 0.6 is 15.9 Å². The number of benzene rings is 1. The number of carbonyl (C=O) groups excluding carboxylic acids is 1. The minimum absolute atomic E-state index is 0.0559. The van der Waals surface area contributed by atoms with Crippen molar-refractivity contribution >= 4 is 31.9 Å². The first-order valence-corrected chi connectivity index (χ1v) is 13.6. The van der Waals surface area contributed by atoms with Crippen LogP contribution in [0.5, 0.6) is 5.75 Å².